The first-order chi connectivity index (χ1) is 14.4. The summed E-state index contributed by atoms with van der Waals surface area (Å²) in [5.74, 6) is -0.413. The van der Waals surface area contributed by atoms with E-state index in [9.17, 15) is 13.6 Å². The van der Waals surface area contributed by atoms with Crippen molar-refractivity contribution in [2.45, 2.75) is 6.61 Å². The van der Waals surface area contributed by atoms with E-state index < -0.39 is 12.5 Å². The number of rotatable bonds is 7. The lowest BCUT2D eigenvalue weighted by Crippen LogP contribution is -2.13. The van der Waals surface area contributed by atoms with Crippen LogP contribution in [0.5, 0.6) is 23.1 Å². The SMILES string of the molecule is COc1ccc(C(=O)Nc2ccccc2Oc2ncc(Cl)cc2Cl)cc1OC(F)F. The van der Waals surface area contributed by atoms with E-state index in [1.54, 1.807) is 24.3 Å². The first kappa shape index (κ1) is 21.6. The van der Waals surface area contributed by atoms with Gasteiger partial charge in [-0.15, -0.1) is 0 Å². The van der Waals surface area contributed by atoms with Crippen LogP contribution in [0.3, 0.4) is 0 Å². The molecule has 1 heterocycles. The largest absolute Gasteiger partial charge is 0.493 e. The Bertz CT molecular complexity index is 1070. The summed E-state index contributed by atoms with van der Waals surface area (Å²) in [5.41, 5.74) is 0.381. The molecule has 0 saturated carbocycles. The average molecular weight is 455 g/mol. The Morgan fingerprint density at radius 3 is 2.53 bits per heavy atom. The van der Waals surface area contributed by atoms with Gasteiger partial charge in [-0.2, -0.15) is 8.78 Å². The number of anilines is 1. The lowest BCUT2D eigenvalue weighted by molar-refractivity contribution is -0.0512. The van der Waals surface area contributed by atoms with Gasteiger partial charge in [-0.05, 0) is 36.4 Å². The fraction of sp³-hybridized carbons (Fsp3) is 0.100. The van der Waals surface area contributed by atoms with Crippen LogP contribution in [0.1, 0.15) is 10.4 Å². The average Bonchev–Trinajstić information content (AvgIpc) is 2.71. The first-order valence-electron chi connectivity index (χ1n) is 8.39. The van der Waals surface area contributed by atoms with E-state index in [1.165, 1.54) is 31.5 Å². The van der Waals surface area contributed by atoms with Gasteiger partial charge >= 0.3 is 6.61 Å². The normalized spacial score (nSPS) is 10.6. The Morgan fingerprint density at radius 1 is 1.07 bits per heavy atom. The number of benzene rings is 2. The van der Waals surface area contributed by atoms with Crippen molar-refractivity contribution in [3.05, 3.63) is 70.3 Å². The number of ether oxygens (including phenoxy) is 3. The molecule has 1 aromatic heterocycles. The van der Waals surface area contributed by atoms with Gasteiger partial charge in [0.1, 0.15) is 5.02 Å². The molecule has 0 atom stereocenters. The van der Waals surface area contributed by atoms with E-state index in [0.717, 1.165) is 6.07 Å². The van der Waals surface area contributed by atoms with Gasteiger partial charge in [-0.1, -0.05) is 35.3 Å². The van der Waals surface area contributed by atoms with Gasteiger partial charge in [0, 0.05) is 11.8 Å². The van der Waals surface area contributed by atoms with Crippen molar-refractivity contribution in [3.8, 4) is 23.1 Å². The minimum absolute atomic E-state index is 0.0686. The molecule has 0 bridgehead atoms. The molecule has 1 N–H and O–H groups in total. The topological polar surface area (TPSA) is 69.7 Å². The zero-order chi connectivity index (χ0) is 21.7. The van der Waals surface area contributed by atoms with E-state index in [-0.39, 0.29) is 33.7 Å². The number of methoxy groups -OCH3 is 1. The van der Waals surface area contributed by atoms with Gasteiger partial charge in [0.05, 0.1) is 17.8 Å². The molecule has 0 aliphatic heterocycles. The highest BCUT2D eigenvalue weighted by Gasteiger charge is 2.16. The number of halogens is 4. The Kier molecular flexibility index (Phi) is 6.91. The lowest BCUT2D eigenvalue weighted by Gasteiger charge is -2.14. The number of amides is 1. The van der Waals surface area contributed by atoms with Gasteiger partial charge in [-0.3, -0.25) is 4.79 Å². The Balaban J connectivity index is 1.84. The van der Waals surface area contributed by atoms with E-state index in [0.29, 0.717) is 10.7 Å². The van der Waals surface area contributed by atoms with E-state index in [2.05, 4.69) is 15.0 Å². The summed E-state index contributed by atoms with van der Waals surface area (Å²) in [7, 11) is 1.30. The lowest BCUT2D eigenvalue weighted by atomic mass is 10.1. The molecular formula is C20H14Cl2F2N2O4. The number of nitrogens with zero attached hydrogens (tertiary/aromatic N) is 1. The maximum atomic E-state index is 12.7. The highest BCUT2D eigenvalue weighted by molar-refractivity contribution is 6.35. The highest BCUT2D eigenvalue weighted by atomic mass is 35.5. The van der Waals surface area contributed by atoms with Crippen molar-refractivity contribution in [1.82, 2.24) is 4.98 Å². The summed E-state index contributed by atoms with van der Waals surface area (Å²) >= 11 is 11.9. The van der Waals surface area contributed by atoms with Crippen LogP contribution < -0.4 is 19.5 Å². The summed E-state index contributed by atoms with van der Waals surface area (Å²) in [6.07, 6.45) is 1.37. The minimum Gasteiger partial charge on any atom is -0.493 e. The fourth-order valence-electron chi connectivity index (χ4n) is 2.44. The number of carbonyl (C=O) groups is 1. The Morgan fingerprint density at radius 2 is 1.83 bits per heavy atom. The third-order valence-corrected chi connectivity index (χ3v) is 4.24. The van der Waals surface area contributed by atoms with Crippen molar-refractivity contribution in [2.75, 3.05) is 12.4 Å². The first-order valence-corrected chi connectivity index (χ1v) is 9.15. The molecule has 1 amide bonds. The molecule has 0 unspecified atom stereocenters. The molecule has 0 spiro atoms. The second-order valence-electron chi connectivity index (χ2n) is 5.74. The van der Waals surface area contributed by atoms with Crippen molar-refractivity contribution >= 4 is 34.8 Å². The maximum Gasteiger partial charge on any atom is 0.387 e. The summed E-state index contributed by atoms with van der Waals surface area (Å²) in [4.78, 5) is 16.7. The summed E-state index contributed by atoms with van der Waals surface area (Å²) in [5, 5.41) is 3.18. The van der Waals surface area contributed by atoms with Gasteiger partial charge in [0.2, 0.25) is 5.88 Å². The standard InChI is InChI=1S/C20H14Cl2F2N2O4/c1-28-16-7-6-11(8-17(16)30-20(23)24)18(27)26-14-4-2-3-5-15(14)29-19-13(22)9-12(21)10-25-19/h2-10,20H,1H3,(H,26,27). The van der Waals surface area contributed by atoms with Gasteiger partial charge < -0.3 is 19.5 Å². The molecule has 6 nitrogen and oxygen atoms in total. The molecule has 10 heteroatoms. The maximum absolute atomic E-state index is 12.7. The molecule has 2 aromatic carbocycles. The zero-order valence-corrected chi connectivity index (χ0v) is 16.9. The number of hydrogen-bond acceptors (Lipinski definition) is 5. The molecule has 156 valence electrons. The van der Waals surface area contributed by atoms with Crippen LogP contribution in [0.2, 0.25) is 10.0 Å². The van der Waals surface area contributed by atoms with E-state index in [1.807, 2.05) is 0 Å². The van der Waals surface area contributed by atoms with Crippen LogP contribution in [-0.2, 0) is 0 Å². The smallest absolute Gasteiger partial charge is 0.387 e. The number of hydrogen-bond donors (Lipinski definition) is 1. The number of para-hydroxylation sites is 2. The number of nitrogens with one attached hydrogen (secondary N) is 1. The van der Waals surface area contributed by atoms with Crippen LogP contribution in [0.25, 0.3) is 0 Å². The van der Waals surface area contributed by atoms with Crippen LogP contribution in [-0.4, -0.2) is 24.6 Å². The van der Waals surface area contributed by atoms with Gasteiger partial charge in [-0.25, -0.2) is 4.98 Å². The number of alkyl halides is 2. The van der Waals surface area contributed by atoms with Crippen LogP contribution in [0, 0.1) is 0 Å². The monoisotopic (exact) mass is 454 g/mol. The van der Waals surface area contributed by atoms with Crippen molar-refractivity contribution < 1.29 is 27.8 Å². The number of carbonyl (C=O) groups excluding carboxylic acids is 1. The summed E-state index contributed by atoms with van der Waals surface area (Å²) < 4.78 is 40.3. The molecular weight excluding hydrogens is 441 g/mol. The van der Waals surface area contributed by atoms with E-state index >= 15 is 0 Å². The van der Waals surface area contributed by atoms with Crippen molar-refractivity contribution in [1.29, 1.82) is 0 Å². The highest BCUT2D eigenvalue weighted by Crippen LogP contribution is 2.34. The van der Waals surface area contributed by atoms with Crippen LogP contribution >= 0.6 is 23.2 Å². The second-order valence-corrected chi connectivity index (χ2v) is 6.58. The predicted molar refractivity (Wildman–Crippen MR) is 108 cm³/mol. The fourth-order valence-corrected chi connectivity index (χ4v) is 2.86. The molecule has 0 aliphatic rings. The predicted octanol–water partition coefficient (Wildman–Crippen LogP) is 6.04. The molecule has 0 radical (unpaired) electrons. The minimum atomic E-state index is -3.07. The third kappa shape index (κ3) is 5.28. The molecule has 3 aromatic rings. The Hall–Kier alpha value is -3.10. The number of aromatic nitrogens is 1. The summed E-state index contributed by atoms with van der Waals surface area (Å²) in [6, 6.07) is 11.9. The molecule has 0 fully saturated rings. The second kappa shape index (κ2) is 9.60. The molecule has 3 rings (SSSR count). The quantitative estimate of drug-likeness (QED) is 0.470. The van der Waals surface area contributed by atoms with Crippen molar-refractivity contribution in [2.24, 2.45) is 0 Å². The molecule has 30 heavy (non-hydrogen) atoms. The van der Waals surface area contributed by atoms with Crippen molar-refractivity contribution in [3.63, 3.8) is 0 Å². The number of pyridine rings is 1. The van der Waals surface area contributed by atoms with E-state index in [4.69, 9.17) is 32.7 Å². The molecule has 0 saturated heterocycles. The third-order valence-electron chi connectivity index (χ3n) is 3.76. The van der Waals surface area contributed by atoms with Crippen LogP contribution in [0.15, 0.2) is 54.7 Å². The molecule has 0 aliphatic carbocycles. The Labute approximate surface area is 180 Å². The van der Waals surface area contributed by atoms with Crippen LogP contribution in [0.4, 0.5) is 14.5 Å². The summed E-state index contributed by atoms with van der Waals surface area (Å²) in [6.45, 7) is -3.07. The zero-order valence-electron chi connectivity index (χ0n) is 15.4. The van der Waals surface area contributed by atoms with Gasteiger partial charge in [0.25, 0.3) is 5.91 Å². The van der Waals surface area contributed by atoms with Gasteiger partial charge in [0.15, 0.2) is 17.2 Å².